The van der Waals surface area contributed by atoms with Gasteiger partial charge in [0.2, 0.25) is 0 Å². The van der Waals surface area contributed by atoms with Crippen molar-refractivity contribution >= 4 is 6.08 Å². The van der Waals surface area contributed by atoms with Gasteiger partial charge < -0.3 is 4.42 Å². The Hall–Kier alpha value is -1.24. The molecular weight excluding hydrogens is 256 g/mol. The first-order valence-electron chi connectivity index (χ1n) is 8.30. The van der Waals surface area contributed by atoms with Gasteiger partial charge in [0.15, 0.2) is 0 Å². The Morgan fingerprint density at radius 1 is 1.24 bits per heavy atom. The van der Waals surface area contributed by atoms with Crippen LogP contribution in [0.2, 0.25) is 0 Å². The van der Waals surface area contributed by atoms with Gasteiger partial charge in [0.1, 0.15) is 0 Å². The molecule has 0 aliphatic heterocycles. The Morgan fingerprint density at radius 3 is 2.76 bits per heavy atom. The van der Waals surface area contributed by atoms with E-state index < -0.39 is 0 Å². The van der Waals surface area contributed by atoms with Crippen molar-refractivity contribution in [3.8, 4) is 0 Å². The largest absolute Gasteiger partial charge is 0.472 e. The maximum Gasteiger partial charge on any atom is 0.0974 e. The molecule has 1 aromatic rings. The normalized spacial score (nSPS) is 35.5. The zero-order valence-electron chi connectivity index (χ0n) is 13.9. The molecule has 2 aliphatic rings. The Morgan fingerprint density at radius 2 is 2.05 bits per heavy atom. The minimum atomic E-state index is 0.404. The van der Waals surface area contributed by atoms with Gasteiger partial charge in [0.05, 0.1) is 12.5 Å². The minimum absolute atomic E-state index is 0.404. The van der Waals surface area contributed by atoms with Crippen LogP contribution < -0.4 is 0 Å². The zero-order chi connectivity index (χ0) is 15.1. The smallest absolute Gasteiger partial charge is 0.0974 e. The molecule has 2 aliphatic carbocycles. The van der Waals surface area contributed by atoms with Gasteiger partial charge >= 0.3 is 0 Å². The lowest BCUT2D eigenvalue weighted by molar-refractivity contribution is -0.0240. The second-order valence-electron chi connectivity index (χ2n) is 7.98. The van der Waals surface area contributed by atoms with Crippen molar-refractivity contribution in [1.29, 1.82) is 0 Å². The molecule has 0 radical (unpaired) electrons. The Labute approximate surface area is 129 Å². The van der Waals surface area contributed by atoms with Gasteiger partial charge in [-0.15, -0.1) is 0 Å². The van der Waals surface area contributed by atoms with Crippen molar-refractivity contribution in [1.82, 2.24) is 0 Å². The summed E-state index contributed by atoms with van der Waals surface area (Å²) in [6.07, 6.45) is 16.1. The highest BCUT2D eigenvalue weighted by Gasteiger charge is 2.50. The van der Waals surface area contributed by atoms with Crippen LogP contribution in [-0.4, -0.2) is 0 Å². The van der Waals surface area contributed by atoms with Crippen molar-refractivity contribution in [2.45, 2.75) is 53.4 Å². The number of hydrogen-bond acceptors (Lipinski definition) is 1. The van der Waals surface area contributed by atoms with E-state index in [0.29, 0.717) is 16.7 Å². The van der Waals surface area contributed by atoms with Gasteiger partial charge in [0, 0.05) is 11.5 Å². The molecule has 0 amide bonds. The van der Waals surface area contributed by atoms with Gasteiger partial charge in [-0.1, -0.05) is 51.0 Å². The third-order valence-corrected chi connectivity index (χ3v) is 6.18. The van der Waals surface area contributed by atoms with Crippen LogP contribution in [0.25, 0.3) is 6.08 Å². The highest BCUT2D eigenvalue weighted by atomic mass is 16.3. The first kappa shape index (κ1) is 14.7. The third kappa shape index (κ3) is 2.52. The molecule has 1 aromatic heterocycles. The van der Waals surface area contributed by atoms with Crippen LogP contribution in [0.5, 0.6) is 0 Å². The summed E-state index contributed by atoms with van der Waals surface area (Å²) in [6, 6.07) is 2.03. The van der Waals surface area contributed by atoms with Gasteiger partial charge in [-0.05, 0) is 49.0 Å². The van der Waals surface area contributed by atoms with Gasteiger partial charge in [0.25, 0.3) is 0 Å². The molecule has 1 fully saturated rings. The second-order valence-corrected chi connectivity index (χ2v) is 7.98. The summed E-state index contributed by atoms with van der Waals surface area (Å²) in [5.74, 6) is 1.35. The fourth-order valence-electron chi connectivity index (χ4n) is 5.03. The molecule has 21 heavy (non-hydrogen) atoms. The molecule has 1 heterocycles. The summed E-state index contributed by atoms with van der Waals surface area (Å²) in [5, 5.41) is 0. The maximum atomic E-state index is 5.18. The lowest BCUT2D eigenvalue weighted by Gasteiger charge is -2.56. The van der Waals surface area contributed by atoms with E-state index in [2.05, 4.69) is 45.9 Å². The van der Waals surface area contributed by atoms with Crippen LogP contribution >= 0.6 is 0 Å². The number of hydrogen-bond donors (Lipinski definition) is 0. The van der Waals surface area contributed by atoms with Crippen molar-refractivity contribution in [3.63, 3.8) is 0 Å². The predicted molar refractivity (Wildman–Crippen MR) is 88.8 cm³/mol. The SMILES string of the molecule is CC1=CC[C@H]2C(C)(C)CCC[C@]2(C)[C@H]1/C=C/c1ccoc1. The summed E-state index contributed by atoms with van der Waals surface area (Å²) in [6.45, 7) is 9.79. The molecule has 114 valence electrons. The van der Waals surface area contributed by atoms with E-state index in [9.17, 15) is 0 Å². The van der Waals surface area contributed by atoms with Crippen LogP contribution in [0.1, 0.15) is 58.9 Å². The van der Waals surface area contributed by atoms with E-state index in [0.717, 1.165) is 5.92 Å². The third-order valence-electron chi connectivity index (χ3n) is 6.18. The Bertz CT molecular complexity index is 546. The maximum absolute atomic E-state index is 5.18. The lowest BCUT2D eigenvalue weighted by atomic mass is 9.49. The van der Waals surface area contributed by atoms with E-state index in [4.69, 9.17) is 4.42 Å². The first-order chi connectivity index (χ1) is 9.93. The molecule has 0 aromatic carbocycles. The summed E-state index contributed by atoms with van der Waals surface area (Å²) < 4.78 is 5.18. The average Bonchev–Trinajstić information content (AvgIpc) is 2.90. The van der Waals surface area contributed by atoms with E-state index >= 15 is 0 Å². The predicted octanol–water partition coefficient (Wildman–Crippen LogP) is 6.09. The fourth-order valence-corrected chi connectivity index (χ4v) is 5.03. The Kier molecular flexibility index (Phi) is 3.63. The van der Waals surface area contributed by atoms with Crippen LogP contribution in [0, 0.1) is 22.7 Å². The molecule has 0 unspecified atom stereocenters. The number of fused-ring (bicyclic) bond motifs is 1. The fraction of sp³-hybridized carbons (Fsp3) is 0.600. The van der Waals surface area contributed by atoms with Crippen LogP contribution in [0.15, 0.2) is 40.7 Å². The second kappa shape index (κ2) is 5.19. The molecule has 3 rings (SSSR count). The molecule has 0 spiro atoms. The van der Waals surface area contributed by atoms with Crippen LogP contribution in [0.3, 0.4) is 0 Å². The number of furan rings is 1. The van der Waals surface area contributed by atoms with Gasteiger partial charge in [-0.25, -0.2) is 0 Å². The standard InChI is InChI=1S/C20H28O/c1-15-6-9-18-19(2,3)11-5-12-20(18,4)17(15)8-7-16-10-13-21-14-16/h6-8,10,13-14,17-18H,5,9,11-12H2,1-4H3/b8-7+/t17-,18-,20+/m0/s1. The zero-order valence-corrected chi connectivity index (χ0v) is 13.9. The van der Waals surface area contributed by atoms with Crippen molar-refractivity contribution in [2.24, 2.45) is 22.7 Å². The molecular formula is C20H28O. The van der Waals surface area contributed by atoms with Crippen molar-refractivity contribution < 1.29 is 4.42 Å². The highest BCUT2D eigenvalue weighted by molar-refractivity contribution is 5.49. The molecule has 1 nitrogen and oxygen atoms in total. The highest BCUT2D eigenvalue weighted by Crippen LogP contribution is 2.59. The summed E-state index contributed by atoms with van der Waals surface area (Å²) >= 11 is 0. The van der Waals surface area contributed by atoms with E-state index in [-0.39, 0.29) is 0 Å². The summed E-state index contributed by atoms with van der Waals surface area (Å²) in [4.78, 5) is 0. The molecule has 0 saturated heterocycles. The summed E-state index contributed by atoms with van der Waals surface area (Å²) in [7, 11) is 0. The monoisotopic (exact) mass is 284 g/mol. The lowest BCUT2D eigenvalue weighted by Crippen LogP contribution is -2.47. The average molecular weight is 284 g/mol. The molecule has 1 saturated carbocycles. The molecule has 3 atom stereocenters. The summed E-state index contributed by atoms with van der Waals surface area (Å²) in [5.41, 5.74) is 3.59. The van der Waals surface area contributed by atoms with E-state index in [1.165, 1.54) is 31.2 Å². The molecule has 0 N–H and O–H groups in total. The van der Waals surface area contributed by atoms with Gasteiger partial charge in [-0.2, -0.15) is 0 Å². The first-order valence-corrected chi connectivity index (χ1v) is 8.30. The quantitative estimate of drug-likeness (QED) is 0.599. The van der Waals surface area contributed by atoms with Crippen LogP contribution in [0.4, 0.5) is 0 Å². The minimum Gasteiger partial charge on any atom is -0.472 e. The number of rotatable bonds is 2. The van der Waals surface area contributed by atoms with Crippen molar-refractivity contribution in [2.75, 3.05) is 0 Å². The molecule has 1 heteroatoms. The van der Waals surface area contributed by atoms with E-state index in [1.807, 2.05) is 12.3 Å². The molecule has 0 bridgehead atoms. The van der Waals surface area contributed by atoms with Crippen LogP contribution in [-0.2, 0) is 0 Å². The van der Waals surface area contributed by atoms with Gasteiger partial charge in [-0.3, -0.25) is 0 Å². The topological polar surface area (TPSA) is 13.1 Å². The van der Waals surface area contributed by atoms with Crippen molar-refractivity contribution in [3.05, 3.63) is 41.9 Å². The Balaban J connectivity index is 1.94. The van der Waals surface area contributed by atoms with E-state index in [1.54, 1.807) is 11.8 Å². The number of allylic oxidation sites excluding steroid dienone is 3.